The van der Waals surface area contributed by atoms with E-state index in [4.69, 9.17) is 0 Å². The summed E-state index contributed by atoms with van der Waals surface area (Å²) in [6.07, 6.45) is 0. The molecule has 4 unspecified atom stereocenters. The molecule has 0 aliphatic carbocycles. The maximum atomic E-state index is 2.80. The average Bonchev–Trinajstić information content (AvgIpc) is 1.35. The molecule has 0 N–H and O–H groups in total. The number of hydrogen-bond acceptors (Lipinski definition) is 0. The van der Waals surface area contributed by atoms with Crippen LogP contribution >= 0.6 is 42.1 Å². The Hall–Kier alpha value is 2.21. The summed E-state index contributed by atoms with van der Waals surface area (Å²) in [6.45, 7) is 1.36. The average molecular weight is 174 g/mol. The molecule has 0 amide bonds. The van der Waals surface area contributed by atoms with E-state index < -0.39 is 0 Å². The smallest absolute Gasteiger partial charge is 0.133 e. The van der Waals surface area contributed by atoms with Crippen LogP contribution in [-0.4, -0.2) is 6.72 Å². The molecule has 0 aromatic heterocycles. The van der Waals surface area contributed by atoms with Gasteiger partial charge >= 0.3 is 0 Å². The first kappa shape index (κ1) is 8.21. The van der Waals surface area contributed by atoms with Gasteiger partial charge in [0, 0.05) is 0 Å². The van der Waals surface area contributed by atoms with E-state index in [-0.39, 0.29) is 7.18 Å². The highest BCUT2D eigenvalue weighted by Crippen LogP contribution is 2.55. The van der Waals surface area contributed by atoms with E-state index in [2.05, 4.69) is 26.8 Å². The summed E-state index contributed by atoms with van der Waals surface area (Å²) < 4.78 is 0. The van der Waals surface area contributed by atoms with Crippen molar-refractivity contribution >= 4 is 48.8 Å². The Morgan fingerprint density at radius 1 is 1.50 bits per heavy atom. The molecule has 0 saturated carbocycles. The Morgan fingerprint density at radius 3 is 2.00 bits per heavy atom. The lowest BCUT2D eigenvalue weighted by atomic mass is 10.7. The largest absolute Gasteiger partial charge is 0.192 e. The molecule has 0 aliphatic rings. The van der Waals surface area contributed by atoms with Gasteiger partial charge in [-0.05, 0) is 0 Å². The Labute approximate surface area is 49.4 Å². The van der Waals surface area contributed by atoms with Gasteiger partial charge in [0.2, 0.25) is 0 Å². The lowest BCUT2D eigenvalue weighted by Crippen LogP contribution is -1.53. The van der Waals surface area contributed by atoms with Gasteiger partial charge in [-0.3, -0.25) is 0 Å². The van der Waals surface area contributed by atoms with Gasteiger partial charge < -0.3 is 0 Å². The Bertz CT molecular complexity index is 25.1. The zero-order chi connectivity index (χ0) is 4.99. The first-order valence-corrected chi connectivity index (χ1v) is 9.25. The monoisotopic (exact) mass is 174 g/mol. The van der Waals surface area contributed by atoms with Crippen molar-refractivity contribution in [1.29, 1.82) is 0 Å². The van der Waals surface area contributed by atoms with Crippen molar-refractivity contribution in [2.75, 3.05) is 0 Å². The number of hydrogen-bond donors (Lipinski definition) is 0. The standard InChI is InChI=1S/BH8P5/c2-5-1-6(3)4/h1,5H,2-4H2. The normalized spacial score (nSPS) is 11.3. The molecule has 0 aromatic rings. The highest BCUT2D eigenvalue weighted by molar-refractivity contribution is 8.62. The second kappa shape index (κ2) is 5.35. The van der Waals surface area contributed by atoms with E-state index in [0.717, 1.165) is 8.15 Å². The molecule has 0 radical (unpaired) electrons. The topological polar surface area (TPSA) is 0 Å². The summed E-state index contributed by atoms with van der Waals surface area (Å²) in [5, 5.41) is 0. The molecule has 0 bridgehead atoms. The van der Waals surface area contributed by atoms with Gasteiger partial charge in [-0.1, -0.05) is 0 Å². The van der Waals surface area contributed by atoms with Crippen LogP contribution in [0, 0.1) is 0 Å². The van der Waals surface area contributed by atoms with Crippen LogP contribution in [0.5, 0.6) is 0 Å². The number of rotatable bonds is 2. The lowest BCUT2D eigenvalue weighted by molar-refractivity contribution is 4.57. The molecular weight excluding hydrogens is 166 g/mol. The highest BCUT2D eigenvalue weighted by atomic mass is 32.4. The third-order valence-corrected chi connectivity index (χ3v) is 7.39. The van der Waals surface area contributed by atoms with Crippen LogP contribution in [0.2, 0.25) is 0 Å². The second-order valence-corrected chi connectivity index (χ2v) is 10.6. The molecule has 0 heterocycles. The molecule has 0 aliphatic heterocycles. The molecule has 0 nitrogen and oxygen atoms in total. The maximum Gasteiger partial charge on any atom is 0.192 e. The van der Waals surface area contributed by atoms with Gasteiger partial charge in [-0.2, -0.15) is 0 Å². The lowest BCUT2D eigenvalue weighted by Gasteiger charge is -1.94. The summed E-state index contributed by atoms with van der Waals surface area (Å²) in [5.74, 6) is 0. The van der Waals surface area contributed by atoms with E-state index in [1.54, 1.807) is 0 Å². The molecule has 6 heavy (non-hydrogen) atoms. The zero-order valence-electron chi connectivity index (χ0n) is 3.39. The van der Waals surface area contributed by atoms with Crippen LogP contribution in [0.15, 0.2) is 0 Å². The molecule has 6 heteroatoms. The predicted molar refractivity (Wildman–Crippen MR) is 51.5 cm³/mol. The fourth-order valence-electron chi connectivity index (χ4n) is 0.105. The molecule has 0 aromatic carbocycles. The summed E-state index contributed by atoms with van der Waals surface area (Å²) in [6, 6.07) is 0. The molecule has 0 saturated heterocycles. The van der Waals surface area contributed by atoms with Gasteiger partial charge in [0.05, 0.1) is 0 Å². The van der Waals surface area contributed by atoms with Crippen molar-refractivity contribution in [2.24, 2.45) is 0 Å². The van der Waals surface area contributed by atoms with E-state index in [1.807, 2.05) is 0 Å². The summed E-state index contributed by atoms with van der Waals surface area (Å²) >= 11 is 0. The molecule has 4 atom stereocenters. The minimum atomic E-state index is 0.224. The summed E-state index contributed by atoms with van der Waals surface area (Å²) in [4.78, 5) is 0. The van der Waals surface area contributed by atoms with Gasteiger partial charge in [-0.15, -0.1) is 42.1 Å². The van der Waals surface area contributed by atoms with E-state index in [0.29, 0.717) is 0 Å². The first-order chi connectivity index (χ1) is 2.77. The van der Waals surface area contributed by atoms with Crippen LogP contribution in [0.25, 0.3) is 0 Å². The van der Waals surface area contributed by atoms with Gasteiger partial charge in [0.25, 0.3) is 0 Å². The minimum Gasteiger partial charge on any atom is -0.133 e. The Balaban J connectivity index is 2.63. The van der Waals surface area contributed by atoms with Crippen molar-refractivity contribution in [1.82, 2.24) is 0 Å². The molecular formula is H8BP5. The van der Waals surface area contributed by atoms with Crippen molar-refractivity contribution in [3.8, 4) is 0 Å². The third-order valence-electron chi connectivity index (χ3n) is 0.274. The molecule has 0 rings (SSSR count). The molecule has 36 valence electrons. The van der Waals surface area contributed by atoms with E-state index >= 15 is 0 Å². The van der Waals surface area contributed by atoms with E-state index in [1.165, 1.54) is 6.72 Å². The van der Waals surface area contributed by atoms with Crippen LogP contribution in [0.3, 0.4) is 0 Å². The van der Waals surface area contributed by atoms with Crippen LogP contribution in [-0.2, 0) is 0 Å². The molecule has 0 spiro atoms. The van der Waals surface area contributed by atoms with Crippen molar-refractivity contribution in [3.05, 3.63) is 0 Å². The fourth-order valence-corrected chi connectivity index (χ4v) is 8.54. The van der Waals surface area contributed by atoms with Crippen molar-refractivity contribution < 1.29 is 0 Å². The van der Waals surface area contributed by atoms with Gasteiger partial charge in [0.15, 0.2) is 6.72 Å². The fraction of sp³-hybridized carbons (Fsp3) is 0. The van der Waals surface area contributed by atoms with Gasteiger partial charge in [-0.25, -0.2) is 0 Å². The van der Waals surface area contributed by atoms with Crippen LogP contribution < -0.4 is 0 Å². The zero-order valence-corrected chi connectivity index (χ0v) is 8.74. The third kappa shape index (κ3) is 6.21. The van der Waals surface area contributed by atoms with Crippen molar-refractivity contribution in [3.63, 3.8) is 0 Å². The van der Waals surface area contributed by atoms with E-state index in [9.17, 15) is 0 Å². The van der Waals surface area contributed by atoms with Crippen molar-refractivity contribution in [2.45, 2.75) is 0 Å². The van der Waals surface area contributed by atoms with Crippen LogP contribution in [0.1, 0.15) is 0 Å². The Morgan fingerprint density at radius 2 is 2.00 bits per heavy atom. The summed E-state index contributed by atoms with van der Waals surface area (Å²) in [5.41, 5.74) is 0. The first-order valence-electron chi connectivity index (χ1n) is 1.47. The quantitative estimate of drug-likeness (QED) is 0.441. The maximum absolute atomic E-state index is 2.80. The SMILES string of the molecule is PPBP(P)P. The highest BCUT2D eigenvalue weighted by Gasteiger charge is 1.88. The second-order valence-electron chi connectivity index (χ2n) is 0.876. The molecule has 0 fully saturated rings. The summed E-state index contributed by atoms with van der Waals surface area (Å²) in [7, 11) is 9.61. The van der Waals surface area contributed by atoms with Gasteiger partial charge in [0.1, 0.15) is 0 Å². The Kier molecular flexibility index (Phi) is 7.33. The minimum absolute atomic E-state index is 0.224. The predicted octanol–water partition coefficient (Wildman–Crippen LogP) is 1.78. The van der Waals surface area contributed by atoms with Crippen LogP contribution in [0.4, 0.5) is 0 Å².